The number of non-ortho nitro benzene ring substituents is 1. The lowest BCUT2D eigenvalue weighted by atomic mass is 10.1. The SMILES string of the molecule is CCCCCCOc1c(OC(C)=O)c(=O)n(CCCCCC)c2cc([N+](=O)[O-])ccc12. The number of carbonyl (C=O) groups excluding carboxylic acids is 1. The van der Waals surface area contributed by atoms with Gasteiger partial charge in [0.05, 0.1) is 17.0 Å². The Hall–Kier alpha value is -2.90. The molecule has 0 fully saturated rings. The first-order valence-corrected chi connectivity index (χ1v) is 11.1. The van der Waals surface area contributed by atoms with Crippen LogP contribution >= 0.6 is 0 Å². The van der Waals surface area contributed by atoms with Crippen LogP contribution < -0.4 is 15.0 Å². The lowest BCUT2D eigenvalue weighted by Crippen LogP contribution is -2.25. The maximum atomic E-state index is 13.3. The maximum Gasteiger partial charge on any atom is 0.308 e. The summed E-state index contributed by atoms with van der Waals surface area (Å²) in [6, 6.07) is 4.32. The number of unbranched alkanes of at least 4 members (excludes halogenated alkanes) is 6. The molecule has 0 aliphatic rings. The second-order valence-electron chi connectivity index (χ2n) is 7.64. The summed E-state index contributed by atoms with van der Waals surface area (Å²) in [5, 5.41) is 11.8. The quantitative estimate of drug-likeness (QED) is 0.182. The highest BCUT2D eigenvalue weighted by Crippen LogP contribution is 2.35. The number of ether oxygens (including phenoxy) is 2. The van der Waals surface area contributed by atoms with Crippen molar-refractivity contribution in [2.45, 2.75) is 78.7 Å². The van der Waals surface area contributed by atoms with E-state index >= 15 is 0 Å². The highest BCUT2D eigenvalue weighted by atomic mass is 16.6. The molecule has 8 heteroatoms. The monoisotopic (exact) mass is 432 g/mol. The summed E-state index contributed by atoms with van der Waals surface area (Å²) in [7, 11) is 0. The molecular weight excluding hydrogens is 400 g/mol. The number of hydrogen-bond donors (Lipinski definition) is 0. The first-order chi connectivity index (χ1) is 14.9. The average molecular weight is 433 g/mol. The molecule has 0 amide bonds. The Bertz CT molecular complexity index is 967. The number of hydrogen-bond acceptors (Lipinski definition) is 6. The molecule has 170 valence electrons. The molecule has 1 aromatic carbocycles. The Morgan fingerprint density at radius 1 is 1.03 bits per heavy atom. The molecule has 1 aromatic heterocycles. The fourth-order valence-corrected chi connectivity index (χ4v) is 3.50. The van der Waals surface area contributed by atoms with Crippen molar-refractivity contribution < 1.29 is 19.2 Å². The minimum absolute atomic E-state index is 0.108. The van der Waals surface area contributed by atoms with Gasteiger partial charge in [-0.2, -0.15) is 0 Å². The molecule has 0 radical (unpaired) electrons. The molecule has 8 nitrogen and oxygen atoms in total. The van der Waals surface area contributed by atoms with E-state index in [2.05, 4.69) is 13.8 Å². The normalized spacial score (nSPS) is 10.9. The van der Waals surface area contributed by atoms with E-state index in [-0.39, 0.29) is 17.2 Å². The van der Waals surface area contributed by atoms with Gasteiger partial charge in [0, 0.05) is 31.0 Å². The van der Waals surface area contributed by atoms with Gasteiger partial charge in [-0.3, -0.25) is 19.7 Å². The Morgan fingerprint density at radius 2 is 1.71 bits per heavy atom. The minimum atomic E-state index is -0.619. The van der Waals surface area contributed by atoms with Crippen LogP contribution in [0.4, 0.5) is 5.69 Å². The number of nitro benzene ring substituents is 1. The van der Waals surface area contributed by atoms with E-state index < -0.39 is 16.5 Å². The van der Waals surface area contributed by atoms with E-state index in [0.29, 0.717) is 24.1 Å². The summed E-state index contributed by atoms with van der Waals surface area (Å²) in [6.45, 7) is 6.18. The number of benzene rings is 1. The zero-order valence-electron chi connectivity index (χ0n) is 18.6. The van der Waals surface area contributed by atoms with E-state index in [4.69, 9.17) is 9.47 Å². The van der Waals surface area contributed by atoms with Crippen molar-refractivity contribution in [2.24, 2.45) is 0 Å². The fraction of sp³-hybridized carbons (Fsp3) is 0.565. The maximum absolute atomic E-state index is 13.3. The molecule has 0 aliphatic carbocycles. The molecule has 0 atom stereocenters. The van der Waals surface area contributed by atoms with E-state index in [9.17, 15) is 19.7 Å². The fourth-order valence-electron chi connectivity index (χ4n) is 3.50. The van der Waals surface area contributed by atoms with Crippen LogP contribution in [-0.2, 0) is 11.3 Å². The molecule has 0 saturated heterocycles. The summed E-state index contributed by atoms with van der Waals surface area (Å²) in [4.78, 5) is 35.8. The lowest BCUT2D eigenvalue weighted by Gasteiger charge is -2.18. The zero-order chi connectivity index (χ0) is 22.8. The van der Waals surface area contributed by atoms with Crippen LogP contribution in [0.1, 0.15) is 72.1 Å². The minimum Gasteiger partial charge on any atom is -0.489 e. The van der Waals surface area contributed by atoms with Gasteiger partial charge in [0.25, 0.3) is 11.2 Å². The summed E-state index contributed by atoms with van der Waals surface area (Å²) < 4.78 is 12.7. The van der Waals surface area contributed by atoms with Crippen molar-refractivity contribution in [1.82, 2.24) is 4.57 Å². The predicted octanol–water partition coefficient (Wildman–Crippen LogP) is 5.37. The Balaban J connectivity index is 2.58. The van der Waals surface area contributed by atoms with Crippen LogP contribution in [0, 0.1) is 10.1 Å². The first kappa shape index (κ1) is 24.4. The van der Waals surface area contributed by atoms with Gasteiger partial charge >= 0.3 is 5.97 Å². The van der Waals surface area contributed by atoms with Crippen molar-refractivity contribution in [3.63, 3.8) is 0 Å². The third-order valence-corrected chi connectivity index (χ3v) is 5.10. The van der Waals surface area contributed by atoms with Gasteiger partial charge in [-0.15, -0.1) is 0 Å². The van der Waals surface area contributed by atoms with Gasteiger partial charge in [0.1, 0.15) is 0 Å². The highest BCUT2D eigenvalue weighted by Gasteiger charge is 2.23. The molecule has 0 bridgehead atoms. The molecule has 2 aromatic rings. The number of carbonyl (C=O) groups is 1. The van der Waals surface area contributed by atoms with Crippen LogP contribution in [0.25, 0.3) is 10.9 Å². The van der Waals surface area contributed by atoms with Gasteiger partial charge in [0.15, 0.2) is 5.75 Å². The third kappa shape index (κ3) is 6.54. The zero-order valence-corrected chi connectivity index (χ0v) is 18.6. The van der Waals surface area contributed by atoms with E-state index in [1.807, 2.05) is 0 Å². The van der Waals surface area contributed by atoms with Crippen molar-refractivity contribution in [2.75, 3.05) is 6.61 Å². The number of rotatable bonds is 13. The van der Waals surface area contributed by atoms with Crippen molar-refractivity contribution in [3.05, 3.63) is 38.7 Å². The van der Waals surface area contributed by atoms with Gasteiger partial charge in [0.2, 0.25) is 5.75 Å². The van der Waals surface area contributed by atoms with Crippen LogP contribution in [0.2, 0.25) is 0 Å². The summed E-state index contributed by atoms with van der Waals surface area (Å²) in [5.74, 6) is -0.599. The predicted molar refractivity (Wildman–Crippen MR) is 120 cm³/mol. The second kappa shape index (κ2) is 12.1. The standard InChI is InChI=1S/C23H32N2O6/c1-4-6-8-10-14-24-20-16-18(25(28)29)12-13-19(20)21(30-15-11-9-7-5-2)22(23(24)27)31-17(3)26/h12-13,16H,4-11,14-15H2,1-3H3. The largest absolute Gasteiger partial charge is 0.489 e. The molecule has 0 spiro atoms. The smallest absolute Gasteiger partial charge is 0.308 e. The molecular formula is C23H32N2O6. The number of fused-ring (bicyclic) bond motifs is 1. The number of aryl methyl sites for hydroxylation is 1. The van der Waals surface area contributed by atoms with Crippen molar-refractivity contribution >= 4 is 22.6 Å². The van der Waals surface area contributed by atoms with Gasteiger partial charge < -0.3 is 14.0 Å². The molecule has 0 unspecified atom stereocenters. The molecule has 31 heavy (non-hydrogen) atoms. The topological polar surface area (TPSA) is 101 Å². The van der Waals surface area contributed by atoms with Crippen LogP contribution in [0.3, 0.4) is 0 Å². The molecule has 0 saturated carbocycles. The van der Waals surface area contributed by atoms with Gasteiger partial charge in [-0.25, -0.2) is 0 Å². The average Bonchev–Trinajstić information content (AvgIpc) is 2.74. The van der Waals surface area contributed by atoms with Crippen molar-refractivity contribution in [1.29, 1.82) is 0 Å². The summed E-state index contributed by atoms with van der Waals surface area (Å²) in [5.41, 5.74) is -0.207. The van der Waals surface area contributed by atoms with Crippen LogP contribution in [0.15, 0.2) is 23.0 Å². The van der Waals surface area contributed by atoms with Gasteiger partial charge in [-0.1, -0.05) is 52.4 Å². The summed E-state index contributed by atoms with van der Waals surface area (Å²) >= 11 is 0. The lowest BCUT2D eigenvalue weighted by molar-refractivity contribution is -0.384. The number of pyridine rings is 1. The number of aromatic nitrogens is 1. The Morgan fingerprint density at radius 3 is 2.32 bits per heavy atom. The molecule has 1 heterocycles. The van der Waals surface area contributed by atoms with Crippen molar-refractivity contribution in [3.8, 4) is 11.5 Å². The number of nitro groups is 1. The Labute approximate surface area is 182 Å². The summed E-state index contributed by atoms with van der Waals surface area (Å²) in [6.07, 6.45) is 7.68. The molecule has 2 rings (SSSR count). The van der Waals surface area contributed by atoms with Gasteiger partial charge in [-0.05, 0) is 18.9 Å². The van der Waals surface area contributed by atoms with E-state index in [1.54, 1.807) is 6.07 Å². The highest BCUT2D eigenvalue weighted by molar-refractivity contribution is 5.90. The third-order valence-electron chi connectivity index (χ3n) is 5.10. The van der Waals surface area contributed by atoms with E-state index in [1.165, 1.54) is 23.6 Å². The molecule has 0 aliphatic heterocycles. The van der Waals surface area contributed by atoms with Crippen LogP contribution in [-0.4, -0.2) is 22.1 Å². The number of nitrogens with zero attached hydrogens (tertiary/aromatic N) is 2. The molecule has 0 N–H and O–H groups in total. The first-order valence-electron chi connectivity index (χ1n) is 11.1. The Kier molecular flexibility index (Phi) is 9.49. The second-order valence-corrected chi connectivity index (χ2v) is 7.64. The van der Waals surface area contributed by atoms with E-state index in [0.717, 1.165) is 51.4 Å². The number of esters is 1. The van der Waals surface area contributed by atoms with Crippen LogP contribution in [0.5, 0.6) is 11.5 Å².